The van der Waals surface area contributed by atoms with E-state index in [0.29, 0.717) is 0 Å². The molecule has 0 N–H and O–H groups in total. The largest absolute Gasteiger partial charge is 0.759 e. The van der Waals surface area contributed by atoms with Crippen LogP contribution < -0.4 is 0 Å². The molecule has 7 heavy (non-hydrogen) atoms. The van der Waals surface area contributed by atoms with Crippen LogP contribution in [0.5, 0.6) is 0 Å². The van der Waals surface area contributed by atoms with Gasteiger partial charge in [-0.3, -0.25) is 8.42 Å². The molecule has 0 amide bonds. The van der Waals surface area contributed by atoms with Gasteiger partial charge < -0.3 is 9.11 Å². The van der Waals surface area contributed by atoms with Crippen LogP contribution in [0.15, 0.2) is 0 Å². The molecule has 0 aromatic heterocycles. The molecule has 0 aromatic rings. The minimum absolute atomic E-state index is 0. The maximum atomic E-state index is 8.52. The standard InChI is InChI=1S/2Ni.H2O4S/c;;1-5(2,3)4/h;;(H2,1,2,3,4)/p-2. The molecule has 0 saturated carbocycles. The van der Waals surface area contributed by atoms with Gasteiger partial charge in [-0.1, -0.05) is 0 Å². The van der Waals surface area contributed by atoms with Gasteiger partial charge in [-0.15, -0.1) is 0 Å². The van der Waals surface area contributed by atoms with Crippen LogP contribution in [0.2, 0.25) is 0 Å². The Hall–Kier alpha value is 0.857. The van der Waals surface area contributed by atoms with Crippen molar-refractivity contribution in [1.82, 2.24) is 0 Å². The van der Waals surface area contributed by atoms with Gasteiger partial charge in [0.05, 0.1) is 0 Å². The van der Waals surface area contributed by atoms with Crippen molar-refractivity contribution in [1.29, 1.82) is 0 Å². The van der Waals surface area contributed by atoms with Crippen LogP contribution in [-0.2, 0) is 43.4 Å². The van der Waals surface area contributed by atoms with Crippen molar-refractivity contribution in [2.24, 2.45) is 0 Å². The van der Waals surface area contributed by atoms with Gasteiger partial charge in [0.1, 0.15) is 0 Å². The Morgan fingerprint density at radius 3 is 1.00 bits per heavy atom. The van der Waals surface area contributed by atoms with Crippen LogP contribution in [-0.4, -0.2) is 17.5 Å². The van der Waals surface area contributed by atoms with Gasteiger partial charge in [0.25, 0.3) is 0 Å². The van der Waals surface area contributed by atoms with Crippen LogP contribution in [0, 0.1) is 0 Å². The van der Waals surface area contributed by atoms with E-state index in [-0.39, 0.29) is 33.0 Å². The molecule has 52 valence electrons. The summed E-state index contributed by atoms with van der Waals surface area (Å²) in [5.74, 6) is 0. The summed E-state index contributed by atoms with van der Waals surface area (Å²) in [6.07, 6.45) is 0. The summed E-state index contributed by atoms with van der Waals surface area (Å²) in [7, 11) is -5.17. The van der Waals surface area contributed by atoms with E-state index < -0.39 is 10.4 Å². The van der Waals surface area contributed by atoms with Crippen molar-refractivity contribution in [3.05, 3.63) is 0 Å². The second-order valence-electron chi connectivity index (χ2n) is 0.408. The van der Waals surface area contributed by atoms with E-state index in [1.54, 1.807) is 0 Å². The fraction of sp³-hybridized carbons (Fsp3) is 0. The fourth-order valence-corrected chi connectivity index (χ4v) is 0. The van der Waals surface area contributed by atoms with Crippen molar-refractivity contribution in [2.45, 2.75) is 0 Å². The average Bonchev–Trinajstić information content (AvgIpc) is 0.722. The molecule has 0 spiro atoms. The Balaban J connectivity index is -0.0000000800. The number of hydrogen-bond acceptors (Lipinski definition) is 4. The summed E-state index contributed by atoms with van der Waals surface area (Å²) in [6.45, 7) is 0. The first-order valence-corrected chi connectivity index (χ1v) is 2.00. The molecular formula is Ni2O4S-2. The average molecular weight is 213 g/mol. The third kappa shape index (κ3) is 220. The van der Waals surface area contributed by atoms with Crippen LogP contribution >= 0.6 is 0 Å². The van der Waals surface area contributed by atoms with Crippen molar-refractivity contribution in [2.75, 3.05) is 0 Å². The fourth-order valence-electron chi connectivity index (χ4n) is 0. The second-order valence-corrected chi connectivity index (χ2v) is 1.22. The van der Waals surface area contributed by atoms with E-state index in [1.807, 2.05) is 0 Å². The monoisotopic (exact) mass is 212 g/mol. The molecule has 0 radical (unpaired) electrons. The first-order chi connectivity index (χ1) is 2.00. The SMILES string of the molecule is O=S(=O)([O-])[O-].[Ni].[Ni]. The Bertz CT molecular complexity index is 92.9. The second kappa shape index (κ2) is 5.00. The Morgan fingerprint density at radius 1 is 1.00 bits per heavy atom. The van der Waals surface area contributed by atoms with Crippen molar-refractivity contribution in [3.8, 4) is 0 Å². The first kappa shape index (κ1) is 15.7. The molecule has 7 heteroatoms. The molecule has 0 saturated heterocycles. The predicted molar refractivity (Wildman–Crippen MR) is 10.5 cm³/mol. The molecule has 0 unspecified atom stereocenters. The van der Waals surface area contributed by atoms with Gasteiger partial charge >= 0.3 is 0 Å². The van der Waals surface area contributed by atoms with Gasteiger partial charge in [-0.2, -0.15) is 0 Å². The third-order valence-corrected chi connectivity index (χ3v) is 0. The van der Waals surface area contributed by atoms with Crippen molar-refractivity contribution >= 4 is 10.4 Å². The van der Waals surface area contributed by atoms with Crippen LogP contribution in [0.4, 0.5) is 0 Å². The van der Waals surface area contributed by atoms with Crippen LogP contribution in [0.3, 0.4) is 0 Å². The predicted octanol–water partition coefficient (Wildman–Crippen LogP) is -1.34. The quantitative estimate of drug-likeness (QED) is 0.283. The summed E-state index contributed by atoms with van der Waals surface area (Å²) in [4.78, 5) is 0. The van der Waals surface area contributed by atoms with Gasteiger partial charge in [0, 0.05) is 43.4 Å². The Kier molecular flexibility index (Phi) is 11.2. The number of hydrogen-bond donors (Lipinski definition) is 0. The normalized spacial score (nSPS) is 8.29. The Morgan fingerprint density at radius 2 is 1.00 bits per heavy atom. The molecule has 0 aromatic carbocycles. The van der Waals surface area contributed by atoms with E-state index in [9.17, 15) is 0 Å². The first-order valence-electron chi connectivity index (χ1n) is 0.667. The smallest absolute Gasteiger partial charge is 0.0311 e. The summed E-state index contributed by atoms with van der Waals surface area (Å²) in [5, 5.41) is 0. The molecule has 0 aliphatic carbocycles. The van der Waals surface area contributed by atoms with Crippen molar-refractivity contribution < 1.29 is 50.5 Å². The van der Waals surface area contributed by atoms with E-state index in [1.165, 1.54) is 0 Å². The zero-order valence-electron chi connectivity index (χ0n) is 2.67. The molecule has 0 atom stereocenters. The van der Waals surface area contributed by atoms with E-state index in [4.69, 9.17) is 17.5 Å². The minimum Gasteiger partial charge on any atom is -0.759 e. The third-order valence-electron chi connectivity index (χ3n) is 0. The minimum atomic E-state index is -5.17. The maximum Gasteiger partial charge on any atom is 0.0311 e. The zero-order chi connectivity index (χ0) is 4.50. The molecule has 4 nitrogen and oxygen atoms in total. The topological polar surface area (TPSA) is 80.3 Å². The van der Waals surface area contributed by atoms with Gasteiger partial charge in [-0.05, 0) is 0 Å². The molecule has 0 rings (SSSR count). The molecule has 0 bridgehead atoms. The number of rotatable bonds is 0. The molecule has 0 fully saturated rings. The van der Waals surface area contributed by atoms with E-state index in [2.05, 4.69) is 0 Å². The molecule has 0 heterocycles. The molecule has 0 aliphatic rings. The van der Waals surface area contributed by atoms with Gasteiger partial charge in [0.2, 0.25) is 0 Å². The van der Waals surface area contributed by atoms with Gasteiger partial charge in [0.15, 0.2) is 0 Å². The summed E-state index contributed by atoms with van der Waals surface area (Å²) in [5.41, 5.74) is 0. The molecule has 0 aliphatic heterocycles. The maximum absolute atomic E-state index is 8.52. The van der Waals surface area contributed by atoms with E-state index in [0.717, 1.165) is 0 Å². The summed E-state index contributed by atoms with van der Waals surface area (Å²) in [6, 6.07) is 0. The Labute approximate surface area is 61.1 Å². The van der Waals surface area contributed by atoms with Gasteiger partial charge in [-0.25, -0.2) is 0 Å². The van der Waals surface area contributed by atoms with Crippen molar-refractivity contribution in [3.63, 3.8) is 0 Å². The van der Waals surface area contributed by atoms with Crippen LogP contribution in [0.25, 0.3) is 0 Å². The molecular weight excluding hydrogens is 213 g/mol. The summed E-state index contributed by atoms with van der Waals surface area (Å²) >= 11 is 0. The summed E-state index contributed by atoms with van der Waals surface area (Å²) < 4.78 is 34.1. The zero-order valence-corrected chi connectivity index (χ0v) is 5.47. The van der Waals surface area contributed by atoms with E-state index >= 15 is 0 Å². The van der Waals surface area contributed by atoms with Crippen LogP contribution in [0.1, 0.15) is 0 Å².